The van der Waals surface area contributed by atoms with Crippen molar-refractivity contribution in [3.05, 3.63) is 68.8 Å². The fraction of sp³-hybridized carbons (Fsp3) is 0.632. The average Bonchev–Trinajstić information content (AvgIpc) is 2.78. The highest BCUT2D eigenvalue weighted by molar-refractivity contribution is 5.86. The Morgan fingerprint density at radius 1 is 0.450 bits per heavy atom. The molecule has 0 saturated heterocycles. The van der Waals surface area contributed by atoms with E-state index in [4.69, 9.17) is 9.98 Å². The molecule has 2 nitrogen and oxygen atoms in total. The molecule has 0 aliphatic heterocycles. The smallest absolute Gasteiger partial charge is 0.0389 e. The van der Waals surface area contributed by atoms with Gasteiger partial charge in [-0.25, -0.2) is 0 Å². The molecule has 0 unspecified atom stereocenters. The van der Waals surface area contributed by atoms with Crippen LogP contribution in [0.15, 0.2) is 34.3 Å². The van der Waals surface area contributed by atoms with Gasteiger partial charge in [0.05, 0.1) is 0 Å². The summed E-state index contributed by atoms with van der Waals surface area (Å²) in [5.41, 5.74) is 11.3. The molecule has 0 radical (unpaired) electrons. The Morgan fingerprint density at radius 3 is 0.925 bits per heavy atom. The third-order valence-corrected chi connectivity index (χ3v) is 7.65. The molecule has 0 amide bonds. The largest absolute Gasteiger partial charge is 0.293 e. The third-order valence-electron chi connectivity index (χ3n) is 7.65. The minimum absolute atomic E-state index is 0.0910. The van der Waals surface area contributed by atoms with Crippen molar-refractivity contribution in [1.29, 1.82) is 0 Å². The second-order valence-electron chi connectivity index (χ2n) is 16.0. The molecule has 0 atom stereocenters. The van der Waals surface area contributed by atoms with Gasteiger partial charge in [0.25, 0.3) is 0 Å². The van der Waals surface area contributed by atoms with Gasteiger partial charge in [-0.05, 0) is 81.7 Å². The van der Waals surface area contributed by atoms with Crippen molar-refractivity contribution in [2.75, 3.05) is 13.1 Å². The standard InChI is InChI=1S/C38H60N2/c1-27-21-31(35(3,4)5)29(32(22-27)36(6,7)8)25-39-19-17-15-16-18-20-40-26-30-33(37(9,10)11)23-28(2)24-34(30)38(12,13)14/h21-26H,15-20H2,1-14H3. The van der Waals surface area contributed by atoms with Crippen molar-refractivity contribution in [3.63, 3.8) is 0 Å². The SMILES string of the molecule is Cc1cc(C(C)(C)C)c(C=NCCCCCCN=Cc2c(C(C)(C)C)cc(C)cc2C(C)(C)C)c(C(C)(C)C)c1. The lowest BCUT2D eigenvalue weighted by Crippen LogP contribution is -2.21. The summed E-state index contributed by atoms with van der Waals surface area (Å²) in [6.07, 6.45) is 8.97. The molecule has 0 N–H and O–H groups in total. The Labute approximate surface area is 248 Å². The highest BCUT2D eigenvalue weighted by Crippen LogP contribution is 2.35. The van der Waals surface area contributed by atoms with Crippen molar-refractivity contribution >= 4 is 12.4 Å². The van der Waals surface area contributed by atoms with E-state index in [-0.39, 0.29) is 21.7 Å². The lowest BCUT2D eigenvalue weighted by atomic mass is 9.75. The van der Waals surface area contributed by atoms with E-state index in [0.29, 0.717) is 0 Å². The van der Waals surface area contributed by atoms with Crippen LogP contribution in [-0.4, -0.2) is 25.5 Å². The molecule has 0 aliphatic carbocycles. The highest BCUT2D eigenvalue weighted by Gasteiger charge is 2.26. The van der Waals surface area contributed by atoms with Gasteiger partial charge < -0.3 is 0 Å². The number of hydrogen-bond acceptors (Lipinski definition) is 2. The first-order chi connectivity index (χ1) is 18.2. The van der Waals surface area contributed by atoms with Crippen molar-refractivity contribution in [2.24, 2.45) is 9.98 Å². The first-order valence-corrected chi connectivity index (χ1v) is 15.5. The highest BCUT2D eigenvalue weighted by atomic mass is 14.7. The Hall–Kier alpha value is -2.22. The molecule has 2 aromatic rings. The molecule has 0 aromatic heterocycles. The minimum Gasteiger partial charge on any atom is -0.293 e. The molecular weight excluding hydrogens is 484 g/mol. The van der Waals surface area contributed by atoms with Gasteiger partial charge in [0.2, 0.25) is 0 Å². The minimum atomic E-state index is 0.0910. The maximum Gasteiger partial charge on any atom is 0.0389 e. The lowest BCUT2D eigenvalue weighted by Gasteiger charge is -2.29. The number of rotatable bonds is 9. The molecule has 222 valence electrons. The maximum absolute atomic E-state index is 4.91. The second-order valence-corrected chi connectivity index (χ2v) is 16.0. The van der Waals surface area contributed by atoms with Crippen LogP contribution in [0, 0.1) is 13.8 Å². The van der Waals surface area contributed by atoms with E-state index < -0.39 is 0 Å². The molecule has 0 heterocycles. The van der Waals surface area contributed by atoms with Gasteiger partial charge in [-0.1, -0.05) is 131 Å². The predicted octanol–water partition coefficient (Wildman–Crippen LogP) is 10.6. The maximum atomic E-state index is 4.91. The Morgan fingerprint density at radius 2 is 0.700 bits per heavy atom. The summed E-state index contributed by atoms with van der Waals surface area (Å²) in [5, 5.41) is 0. The Balaban J connectivity index is 1.99. The molecule has 2 aromatic carbocycles. The zero-order valence-corrected chi connectivity index (χ0v) is 28.6. The predicted molar refractivity (Wildman–Crippen MR) is 181 cm³/mol. The number of hydrogen-bond donors (Lipinski definition) is 0. The van der Waals surface area contributed by atoms with E-state index in [1.165, 1.54) is 57.3 Å². The van der Waals surface area contributed by atoms with Crippen LogP contribution < -0.4 is 0 Å². The number of unbranched alkanes of at least 4 members (excludes halogenated alkanes) is 3. The van der Waals surface area contributed by atoms with Crippen LogP contribution in [0.3, 0.4) is 0 Å². The first kappa shape index (κ1) is 34.0. The van der Waals surface area contributed by atoms with Gasteiger partial charge in [-0.3, -0.25) is 9.98 Å². The van der Waals surface area contributed by atoms with Crippen molar-refractivity contribution in [1.82, 2.24) is 0 Å². The van der Waals surface area contributed by atoms with Crippen molar-refractivity contribution in [3.8, 4) is 0 Å². The number of benzene rings is 2. The summed E-state index contributed by atoms with van der Waals surface area (Å²) in [6, 6.07) is 9.40. The van der Waals surface area contributed by atoms with Gasteiger partial charge in [0.1, 0.15) is 0 Å². The summed E-state index contributed by atoms with van der Waals surface area (Å²) in [4.78, 5) is 9.82. The van der Waals surface area contributed by atoms with E-state index in [1.54, 1.807) is 0 Å². The molecule has 0 spiro atoms. The van der Waals surface area contributed by atoms with Crippen LogP contribution in [0.2, 0.25) is 0 Å². The second kappa shape index (κ2) is 13.2. The summed E-state index contributed by atoms with van der Waals surface area (Å²) in [7, 11) is 0. The van der Waals surface area contributed by atoms with Crippen LogP contribution >= 0.6 is 0 Å². The van der Waals surface area contributed by atoms with E-state index >= 15 is 0 Å². The average molecular weight is 545 g/mol. The fourth-order valence-corrected chi connectivity index (χ4v) is 5.43. The van der Waals surface area contributed by atoms with Gasteiger partial charge in [0, 0.05) is 25.5 Å². The quantitative estimate of drug-likeness (QED) is 0.221. The van der Waals surface area contributed by atoms with E-state index in [1.807, 2.05) is 0 Å². The number of aliphatic imine (C=N–C) groups is 2. The zero-order valence-electron chi connectivity index (χ0n) is 28.6. The van der Waals surface area contributed by atoms with Crippen molar-refractivity contribution in [2.45, 2.75) is 144 Å². The van der Waals surface area contributed by atoms with Gasteiger partial charge in [-0.2, -0.15) is 0 Å². The Kier molecular flexibility index (Phi) is 11.2. The van der Waals surface area contributed by atoms with E-state index in [2.05, 4.69) is 134 Å². The van der Waals surface area contributed by atoms with E-state index in [9.17, 15) is 0 Å². The lowest BCUT2D eigenvalue weighted by molar-refractivity contribution is 0.565. The van der Waals surface area contributed by atoms with Gasteiger partial charge in [0.15, 0.2) is 0 Å². The molecule has 0 saturated carbocycles. The topological polar surface area (TPSA) is 24.7 Å². The first-order valence-electron chi connectivity index (χ1n) is 15.5. The fourth-order valence-electron chi connectivity index (χ4n) is 5.43. The molecular formula is C38H60N2. The zero-order chi connectivity index (χ0) is 30.5. The molecule has 2 heteroatoms. The molecule has 40 heavy (non-hydrogen) atoms. The van der Waals surface area contributed by atoms with Gasteiger partial charge >= 0.3 is 0 Å². The Bertz CT molecular complexity index is 1020. The molecule has 2 rings (SSSR count). The summed E-state index contributed by atoms with van der Waals surface area (Å²) >= 11 is 0. The van der Waals surface area contributed by atoms with Crippen LogP contribution in [0.4, 0.5) is 0 Å². The molecule has 0 fully saturated rings. The molecule has 0 bridgehead atoms. The summed E-state index contributed by atoms with van der Waals surface area (Å²) in [6.45, 7) is 33.9. The van der Waals surface area contributed by atoms with Crippen LogP contribution in [0.5, 0.6) is 0 Å². The number of aryl methyl sites for hydroxylation is 2. The monoisotopic (exact) mass is 544 g/mol. The van der Waals surface area contributed by atoms with Crippen LogP contribution in [0.25, 0.3) is 0 Å². The summed E-state index contributed by atoms with van der Waals surface area (Å²) in [5.74, 6) is 0. The van der Waals surface area contributed by atoms with Crippen molar-refractivity contribution < 1.29 is 0 Å². The van der Waals surface area contributed by atoms with Crippen LogP contribution in [0.1, 0.15) is 153 Å². The third kappa shape index (κ3) is 9.71. The normalized spacial score (nSPS) is 13.7. The molecule has 0 aliphatic rings. The number of nitrogens with zero attached hydrogens (tertiary/aromatic N) is 2. The van der Waals surface area contributed by atoms with E-state index in [0.717, 1.165) is 25.9 Å². The van der Waals surface area contributed by atoms with Crippen LogP contribution in [-0.2, 0) is 21.7 Å². The summed E-state index contributed by atoms with van der Waals surface area (Å²) < 4.78 is 0. The van der Waals surface area contributed by atoms with Gasteiger partial charge in [-0.15, -0.1) is 0 Å².